The van der Waals surface area contributed by atoms with Crippen LogP contribution >= 0.6 is 0 Å². The predicted octanol–water partition coefficient (Wildman–Crippen LogP) is 2.36. The first-order valence-electron chi connectivity index (χ1n) is 6.51. The fourth-order valence-electron chi connectivity index (χ4n) is 2.62. The van der Waals surface area contributed by atoms with Crippen molar-refractivity contribution in [1.82, 2.24) is 9.97 Å². The molecule has 3 rings (SSSR count). The minimum absolute atomic E-state index is 0.0156. The number of nitrogens with zero attached hydrogens (tertiary/aromatic N) is 3. The molecular weight excluding hydrogens is 238 g/mol. The van der Waals surface area contributed by atoms with Gasteiger partial charge in [-0.05, 0) is 31.9 Å². The van der Waals surface area contributed by atoms with Gasteiger partial charge < -0.3 is 10.0 Å². The van der Waals surface area contributed by atoms with Crippen molar-refractivity contribution in [1.29, 1.82) is 0 Å². The number of aliphatic hydroxyl groups is 1. The second-order valence-corrected chi connectivity index (χ2v) is 4.99. The van der Waals surface area contributed by atoms with Gasteiger partial charge >= 0.3 is 0 Å². The van der Waals surface area contributed by atoms with Gasteiger partial charge in [0.1, 0.15) is 0 Å². The van der Waals surface area contributed by atoms with E-state index in [1.165, 1.54) is 11.3 Å². The summed E-state index contributed by atoms with van der Waals surface area (Å²) in [5.74, 6) is 0.715. The third-order valence-electron chi connectivity index (χ3n) is 3.66. The molecule has 0 spiro atoms. The lowest BCUT2D eigenvalue weighted by atomic mass is 10.1. The Morgan fingerprint density at radius 1 is 1.37 bits per heavy atom. The first-order chi connectivity index (χ1) is 9.20. The number of anilines is 2. The molecule has 0 saturated heterocycles. The fraction of sp³-hybridized carbons (Fsp3) is 0.333. The van der Waals surface area contributed by atoms with Crippen molar-refractivity contribution in [3.63, 3.8) is 0 Å². The van der Waals surface area contributed by atoms with E-state index in [4.69, 9.17) is 0 Å². The number of aromatic nitrogens is 2. The van der Waals surface area contributed by atoms with Crippen LogP contribution in [-0.4, -0.2) is 21.1 Å². The Morgan fingerprint density at radius 3 is 2.89 bits per heavy atom. The van der Waals surface area contributed by atoms with Gasteiger partial charge in [-0.1, -0.05) is 18.2 Å². The Labute approximate surface area is 112 Å². The number of aryl methyl sites for hydroxylation is 1. The van der Waals surface area contributed by atoms with Crippen LogP contribution in [0.1, 0.15) is 23.7 Å². The van der Waals surface area contributed by atoms with Crippen molar-refractivity contribution < 1.29 is 5.11 Å². The molecule has 0 radical (unpaired) electrons. The van der Waals surface area contributed by atoms with Gasteiger partial charge in [0.15, 0.2) is 0 Å². The molecule has 98 valence electrons. The van der Waals surface area contributed by atoms with E-state index in [0.717, 1.165) is 17.7 Å². The number of hydrogen-bond acceptors (Lipinski definition) is 4. The molecule has 1 atom stereocenters. The molecule has 0 bridgehead atoms. The van der Waals surface area contributed by atoms with Gasteiger partial charge in [0.2, 0.25) is 5.95 Å². The van der Waals surface area contributed by atoms with Gasteiger partial charge in [-0.25, -0.2) is 9.97 Å². The Kier molecular flexibility index (Phi) is 2.95. The van der Waals surface area contributed by atoms with Crippen molar-refractivity contribution in [2.24, 2.45) is 0 Å². The summed E-state index contributed by atoms with van der Waals surface area (Å²) in [6.07, 6.45) is 2.73. The van der Waals surface area contributed by atoms with Crippen molar-refractivity contribution in [3.8, 4) is 0 Å². The largest absolute Gasteiger partial charge is 0.392 e. The number of fused-ring (bicyclic) bond motifs is 1. The highest BCUT2D eigenvalue weighted by Gasteiger charge is 2.28. The standard InChI is InChI=1S/C15H17N3O/c1-10-7-12-5-3-4-6-14(12)18(10)15-16-8-13(9-19)11(2)17-15/h3-6,8,10,19H,7,9H2,1-2H3. The molecule has 1 aromatic heterocycles. The maximum atomic E-state index is 9.19. The lowest BCUT2D eigenvalue weighted by Gasteiger charge is -2.23. The molecule has 0 saturated carbocycles. The van der Waals surface area contributed by atoms with Gasteiger partial charge in [-0.15, -0.1) is 0 Å². The highest BCUT2D eigenvalue weighted by atomic mass is 16.3. The average Bonchev–Trinajstić information content (AvgIpc) is 2.74. The molecule has 2 aromatic rings. The molecular formula is C15H17N3O. The van der Waals surface area contributed by atoms with Crippen LogP contribution in [0, 0.1) is 6.92 Å². The van der Waals surface area contributed by atoms with E-state index in [9.17, 15) is 5.11 Å². The summed E-state index contributed by atoms with van der Waals surface area (Å²) in [7, 11) is 0. The summed E-state index contributed by atoms with van der Waals surface area (Å²) in [5, 5.41) is 9.19. The molecule has 0 amide bonds. The maximum absolute atomic E-state index is 9.19. The minimum Gasteiger partial charge on any atom is -0.392 e. The zero-order valence-electron chi connectivity index (χ0n) is 11.2. The first kappa shape index (κ1) is 12.1. The zero-order valence-corrected chi connectivity index (χ0v) is 11.2. The van der Waals surface area contributed by atoms with Crippen LogP contribution in [0.4, 0.5) is 11.6 Å². The smallest absolute Gasteiger partial charge is 0.230 e. The van der Waals surface area contributed by atoms with Gasteiger partial charge in [0.05, 0.1) is 6.61 Å². The maximum Gasteiger partial charge on any atom is 0.230 e. The van der Waals surface area contributed by atoms with Gasteiger partial charge in [0, 0.05) is 29.2 Å². The minimum atomic E-state index is -0.0156. The molecule has 19 heavy (non-hydrogen) atoms. The second-order valence-electron chi connectivity index (χ2n) is 4.99. The van der Waals surface area contributed by atoms with E-state index in [-0.39, 0.29) is 6.61 Å². The highest BCUT2D eigenvalue weighted by Crippen LogP contribution is 2.36. The average molecular weight is 255 g/mol. The normalized spacial score (nSPS) is 17.6. The van der Waals surface area contributed by atoms with Crippen LogP contribution in [0.5, 0.6) is 0 Å². The van der Waals surface area contributed by atoms with Crippen LogP contribution < -0.4 is 4.90 Å². The second kappa shape index (κ2) is 4.63. The van der Waals surface area contributed by atoms with Crippen LogP contribution in [0.25, 0.3) is 0 Å². The van der Waals surface area contributed by atoms with E-state index < -0.39 is 0 Å². The summed E-state index contributed by atoms with van der Waals surface area (Å²) in [5.41, 5.74) is 4.14. The van der Waals surface area contributed by atoms with E-state index in [2.05, 4.69) is 40.0 Å². The Morgan fingerprint density at radius 2 is 2.16 bits per heavy atom. The van der Waals surface area contributed by atoms with Gasteiger partial charge in [-0.3, -0.25) is 0 Å². The summed E-state index contributed by atoms with van der Waals surface area (Å²) in [4.78, 5) is 11.1. The monoisotopic (exact) mass is 255 g/mol. The lowest BCUT2D eigenvalue weighted by Crippen LogP contribution is -2.26. The summed E-state index contributed by atoms with van der Waals surface area (Å²) < 4.78 is 0. The van der Waals surface area contributed by atoms with E-state index in [1.54, 1.807) is 6.20 Å². The van der Waals surface area contributed by atoms with Crippen molar-refractivity contribution in [2.45, 2.75) is 32.9 Å². The summed E-state index contributed by atoms with van der Waals surface area (Å²) >= 11 is 0. The molecule has 0 fully saturated rings. The fourth-order valence-corrected chi connectivity index (χ4v) is 2.62. The van der Waals surface area contributed by atoms with Gasteiger partial charge in [0.25, 0.3) is 0 Å². The number of para-hydroxylation sites is 1. The third kappa shape index (κ3) is 1.98. The topological polar surface area (TPSA) is 49.2 Å². The van der Waals surface area contributed by atoms with Gasteiger partial charge in [-0.2, -0.15) is 0 Å². The molecule has 1 N–H and O–H groups in total. The highest BCUT2D eigenvalue weighted by molar-refractivity contribution is 5.67. The van der Waals surface area contributed by atoms with Crippen LogP contribution in [0.15, 0.2) is 30.5 Å². The summed E-state index contributed by atoms with van der Waals surface area (Å²) in [6.45, 7) is 4.07. The number of aliphatic hydroxyl groups excluding tert-OH is 1. The SMILES string of the molecule is Cc1nc(N2c3ccccc3CC2C)ncc1CO. The molecule has 4 heteroatoms. The molecule has 1 aromatic carbocycles. The van der Waals surface area contributed by atoms with Crippen molar-refractivity contribution in [2.75, 3.05) is 4.90 Å². The Bertz CT molecular complexity index is 612. The van der Waals surface area contributed by atoms with E-state index in [0.29, 0.717) is 12.0 Å². The molecule has 1 aliphatic heterocycles. The van der Waals surface area contributed by atoms with Crippen LogP contribution in [0.2, 0.25) is 0 Å². The van der Waals surface area contributed by atoms with Crippen molar-refractivity contribution in [3.05, 3.63) is 47.3 Å². The van der Waals surface area contributed by atoms with Crippen LogP contribution in [0.3, 0.4) is 0 Å². The predicted molar refractivity (Wildman–Crippen MR) is 74.4 cm³/mol. The molecule has 2 heterocycles. The quantitative estimate of drug-likeness (QED) is 0.895. The first-order valence-corrected chi connectivity index (χ1v) is 6.51. The number of benzene rings is 1. The zero-order chi connectivity index (χ0) is 13.4. The van der Waals surface area contributed by atoms with Crippen molar-refractivity contribution >= 4 is 11.6 Å². The van der Waals surface area contributed by atoms with E-state index >= 15 is 0 Å². The Balaban J connectivity index is 2.05. The van der Waals surface area contributed by atoms with E-state index in [1.807, 2.05) is 13.0 Å². The summed E-state index contributed by atoms with van der Waals surface area (Å²) in [6, 6.07) is 8.73. The number of rotatable bonds is 2. The molecule has 0 aliphatic carbocycles. The molecule has 1 unspecified atom stereocenters. The lowest BCUT2D eigenvalue weighted by molar-refractivity contribution is 0.280. The number of hydrogen-bond donors (Lipinski definition) is 1. The Hall–Kier alpha value is -1.94. The third-order valence-corrected chi connectivity index (χ3v) is 3.66. The molecule has 1 aliphatic rings. The van der Waals surface area contributed by atoms with Crippen LogP contribution in [-0.2, 0) is 13.0 Å². The molecule has 4 nitrogen and oxygen atoms in total.